The second kappa shape index (κ2) is 9.59. The van der Waals surface area contributed by atoms with Crippen LogP contribution in [0.5, 0.6) is 5.75 Å². The van der Waals surface area contributed by atoms with E-state index in [9.17, 15) is 14.7 Å². The van der Waals surface area contributed by atoms with Crippen molar-refractivity contribution in [3.05, 3.63) is 89.5 Å². The number of nitrogens with one attached hydrogen (secondary N) is 1. The maximum absolute atomic E-state index is 12.8. The number of alkyl carbamates (subject to hydrolysis) is 1. The summed E-state index contributed by atoms with van der Waals surface area (Å²) in [5.74, 6) is -0.581. The molecule has 6 heteroatoms. The van der Waals surface area contributed by atoms with E-state index in [0.717, 1.165) is 22.3 Å². The molecule has 0 spiro atoms. The van der Waals surface area contributed by atoms with Crippen LogP contribution in [-0.2, 0) is 9.53 Å². The summed E-state index contributed by atoms with van der Waals surface area (Å²) in [6.07, 6.45) is -0.965. The average Bonchev–Trinajstić information content (AvgIpc) is 3.10. The Hall–Kier alpha value is -3.80. The molecule has 0 radical (unpaired) electrons. The van der Waals surface area contributed by atoms with E-state index < -0.39 is 23.7 Å². The second-order valence-corrected chi connectivity index (χ2v) is 9.37. The van der Waals surface area contributed by atoms with Gasteiger partial charge in [-0.1, -0.05) is 66.7 Å². The van der Waals surface area contributed by atoms with Crippen LogP contribution >= 0.6 is 0 Å². The van der Waals surface area contributed by atoms with E-state index in [4.69, 9.17) is 9.47 Å². The monoisotopic (exact) mass is 459 g/mol. The standard InChI is InChI=1S/C28H29NO5/c1-28(2,3)34-25-15-9-8-14-22(25)24(16-26(30)31)29-27(32)33-17-23-20-12-6-4-10-18(20)19-11-5-7-13-21(19)23/h4-15,23-24H,16-17H2,1-3H3,(H,29,32)(H,30,31). The van der Waals surface area contributed by atoms with Crippen molar-refractivity contribution < 1.29 is 24.2 Å². The largest absolute Gasteiger partial charge is 0.488 e. The van der Waals surface area contributed by atoms with Gasteiger partial charge in [0.05, 0.1) is 12.5 Å². The molecule has 4 rings (SSSR count). The van der Waals surface area contributed by atoms with Crippen LogP contribution in [0, 0.1) is 0 Å². The lowest BCUT2D eigenvalue weighted by atomic mass is 9.98. The van der Waals surface area contributed by atoms with E-state index in [1.54, 1.807) is 18.2 Å². The summed E-state index contributed by atoms with van der Waals surface area (Å²) in [6, 6.07) is 22.5. The van der Waals surface area contributed by atoms with E-state index in [-0.39, 0.29) is 18.9 Å². The topological polar surface area (TPSA) is 84.9 Å². The number of hydrogen-bond acceptors (Lipinski definition) is 4. The molecule has 0 saturated carbocycles. The maximum Gasteiger partial charge on any atom is 0.407 e. The number of benzene rings is 3. The van der Waals surface area contributed by atoms with Gasteiger partial charge in [-0.3, -0.25) is 4.79 Å². The fourth-order valence-electron chi connectivity index (χ4n) is 4.39. The Morgan fingerprint density at radius 1 is 0.912 bits per heavy atom. The number of amides is 1. The molecule has 0 fully saturated rings. The predicted molar refractivity (Wildman–Crippen MR) is 130 cm³/mol. The lowest BCUT2D eigenvalue weighted by Gasteiger charge is -2.26. The van der Waals surface area contributed by atoms with Crippen molar-refractivity contribution in [3.63, 3.8) is 0 Å². The van der Waals surface area contributed by atoms with Gasteiger partial charge >= 0.3 is 12.1 Å². The number of aliphatic carboxylic acids is 1. The van der Waals surface area contributed by atoms with Crippen LogP contribution in [0.25, 0.3) is 11.1 Å². The van der Waals surface area contributed by atoms with Gasteiger partial charge in [-0.15, -0.1) is 0 Å². The van der Waals surface area contributed by atoms with E-state index in [2.05, 4.69) is 29.6 Å². The molecular formula is C28H29NO5. The van der Waals surface area contributed by atoms with E-state index in [0.29, 0.717) is 11.3 Å². The molecule has 6 nitrogen and oxygen atoms in total. The van der Waals surface area contributed by atoms with Gasteiger partial charge in [0.25, 0.3) is 0 Å². The first-order chi connectivity index (χ1) is 16.2. The molecule has 0 aliphatic heterocycles. The average molecular weight is 460 g/mol. The minimum Gasteiger partial charge on any atom is -0.488 e. The van der Waals surface area contributed by atoms with Crippen molar-refractivity contribution in [1.82, 2.24) is 5.32 Å². The van der Waals surface area contributed by atoms with Crippen molar-refractivity contribution in [1.29, 1.82) is 0 Å². The third-order valence-electron chi connectivity index (χ3n) is 5.73. The van der Waals surface area contributed by atoms with E-state index >= 15 is 0 Å². The number of rotatable bonds is 7. The number of carbonyl (C=O) groups is 2. The van der Waals surface area contributed by atoms with Crippen molar-refractivity contribution in [2.45, 2.75) is 44.8 Å². The van der Waals surface area contributed by atoms with Gasteiger partial charge in [0, 0.05) is 11.5 Å². The molecule has 34 heavy (non-hydrogen) atoms. The molecule has 2 N–H and O–H groups in total. The smallest absolute Gasteiger partial charge is 0.407 e. The fraction of sp³-hybridized carbons (Fsp3) is 0.286. The zero-order valence-corrected chi connectivity index (χ0v) is 19.6. The normalized spacial score (nSPS) is 13.5. The molecule has 1 amide bonds. The highest BCUT2D eigenvalue weighted by Crippen LogP contribution is 2.44. The molecule has 1 aliphatic carbocycles. The summed E-state index contributed by atoms with van der Waals surface area (Å²) < 4.78 is 11.6. The minimum absolute atomic E-state index is 0.0763. The highest BCUT2D eigenvalue weighted by atomic mass is 16.5. The zero-order valence-electron chi connectivity index (χ0n) is 19.6. The number of carboxylic acid groups (broad SMARTS) is 1. The molecule has 1 atom stereocenters. The van der Waals surface area contributed by atoms with Crippen LogP contribution in [0.1, 0.15) is 55.8 Å². The molecule has 0 aromatic heterocycles. The summed E-state index contributed by atoms with van der Waals surface area (Å²) in [5.41, 5.74) is 4.62. The summed E-state index contributed by atoms with van der Waals surface area (Å²) >= 11 is 0. The van der Waals surface area contributed by atoms with E-state index in [1.807, 2.05) is 51.1 Å². The summed E-state index contributed by atoms with van der Waals surface area (Å²) in [7, 11) is 0. The first kappa shape index (κ1) is 23.4. The molecule has 0 bridgehead atoms. The van der Waals surface area contributed by atoms with Gasteiger partial charge in [0.2, 0.25) is 0 Å². The molecule has 1 aliphatic rings. The third-order valence-corrected chi connectivity index (χ3v) is 5.73. The number of fused-ring (bicyclic) bond motifs is 3. The molecule has 176 valence electrons. The van der Waals surface area contributed by atoms with Crippen molar-refractivity contribution in [2.24, 2.45) is 0 Å². The van der Waals surface area contributed by atoms with Crippen LogP contribution in [0.4, 0.5) is 4.79 Å². The number of carbonyl (C=O) groups excluding carboxylic acids is 1. The first-order valence-corrected chi connectivity index (χ1v) is 11.3. The lowest BCUT2D eigenvalue weighted by molar-refractivity contribution is -0.137. The molecule has 0 heterocycles. The van der Waals surface area contributed by atoms with E-state index in [1.165, 1.54) is 0 Å². The maximum atomic E-state index is 12.8. The predicted octanol–water partition coefficient (Wildman–Crippen LogP) is 5.92. The van der Waals surface area contributed by atoms with Crippen LogP contribution in [0.2, 0.25) is 0 Å². The lowest BCUT2D eigenvalue weighted by Crippen LogP contribution is -2.32. The van der Waals surface area contributed by atoms with Crippen molar-refractivity contribution in [3.8, 4) is 16.9 Å². The summed E-state index contributed by atoms with van der Waals surface area (Å²) in [6.45, 7) is 5.89. The Labute approximate surface area is 199 Å². The van der Waals surface area contributed by atoms with Gasteiger partial charge in [0.1, 0.15) is 18.0 Å². The van der Waals surface area contributed by atoms with Gasteiger partial charge in [-0.25, -0.2) is 4.79 Å². The molecule has 3 aromatic rings. The number of para-hydroxylation sites is 1. The number of hydrogen-bond donors (Lipinski definition) is 2. The van der Waals surface area contributed by atoms with Gasteiger partial charge in [0.15, 0.2) is 0 Å². The first-order valence-electron chi connectivity index (χ1n) is 11.3. The van der Waals surface area contributed by atoms with Gasteiger partial charge in [-0.05, 0) is 49.1 Å². The number of carboxylic acids is 1. The summed E-state index contributed by atoms with van der Waals surface area (Å²) in [5, 5.41) is 12.2. The molecule has 0 saturated heterocycles. The van der Waals surface area contributed by atoms with Gasteiger partial charge in [-0.2, -0.15) is 0 Å². The molecule has 1 unspecified atom stereocenters. The Kier molecular flexibility index (Phi) is 6.59. The minimum atomic E-state index is -1.03. The third kappa shape index (κ3) is 5.22. The van der Waals surface area contributed by atoms with Crippen LogP contribution in [-0.4, -0.2) is 29.4 Å². The Morgan fingerprint density at radius 2 is 1.47 bits per heavy atom. The zero-order chi connectivity index (χ0) is 24.3. The van der Waals surface area contributed by atoms with Crippen LogP contribution in [0.15, 0.2) is 72.8 Å². The SMILES string of the molecule is CC(C)(C)Oc1ccccc1C(CC(=O)O)NC(=O)OCC1c2ccccc2-c2ccccc21. The Bertz CT molecular complexity index is 1150. The Morgan fingerprint density at radius 3 is 2.06 bits per heavy atom. The van der Waals surface area contributed by atoms with Crippen LogP contribution in [0.3, 0.4) is 0 Å². The Balaban J connectivity index is 1.51. The number of ether oxygens (including phenoxy) is 2. The highest BCUT2D eigenvalue weighted by Gasteiger charge is 2.30. The van der Waals surface area contributed by atoms with Crippen LogP contribution < -0.4 is 10.1 Å². The van der Waals surface area contributed by atoms with Crippen molar-refractivity contribution in [2.75, 3.05) is 6.61 Å². The highest BCUT2D eigenvalue weighted by molar-refractivity contribution is 5.79. The molecule has 3 aromatic carbocycles. The quantitative estimate of drug-likeness (QED) is 0.458. The van der Waals surface area contributed by atoms with Gasteiger partial charge < -0.3 is 19.9 Å². The fourth-order valence-corrected chi connectivity index (χ4v) is 4.39. The summed E-state index contributed by atoms with van der Waals surface area (Å²) in [4.78, 5) is 24.4. The van der Waals surface area contributed by atoms with Crippen molar-refractivity contribution >= 4 is 12.1 Å². The second-order valence-electron chi connectivity index (χ2n) is 9.37. The molecular weight excluding hydrogens is 430 g/mol.